The van der Waals surface area contributed by atoms with Gasteiger partial charge in [-0.3, -0.25) is 4.79 Å². The van der Waals surface area contributed by atoms with Crippen molar-refractivity contribution in [2.45, 2.75) is 25.4 Å². The van der Waals surface area contributed by atoms with Crippen molar-refractivity contribution in [1.29, 1.82) is 0 Å². The monoisotopic (exact) mass is 400 g/mol. The maximum absolute atomic E-state index is 14.0. The number of phenolic OH excluding ortho intramolecular Hbond substituents is 1. The lowest BCUT2D eigenvalue weighted by Crippen LogP contribution is -2.45. The summed E-state index contributed by atoms with van der Waals surface area (Å²) >= 11 is 6.28. The SMILES string of the molecule is C=C=CN(Cc1ccccc1Cl)C1CCN(C(=O)c2cc(O)ccc2F)CC1. The molecule has 3 rings (SSSR count). The summed E-state index contributed by atoms with van der Waals surface area (Å²) in [5.41, 5.74) is 3.74. The van der Waals surface area contributed by atoms with Gasteiger partial charge in [-0.2, -0.15) is 0 Å². The molecule has 146 valence electrons. The second-order valence-corrected chi connectivity index (χ2v) is 7.19. The number of likely N-dealkylation sites (tertiary alicyclic amines) is 1. The molecule has 1 amide bonds. The van der Waals surface area contributed by atoms with E-state index in [1.807, 2.05) is 30.5 Å². The maximum atomic E-state index is 14.0. The number of piperidine rings is 1. The van der Waals surface area contributed by atoms with Crippen molar-refractivity contribution < 1.29 is 14.3 Å². The molecule has 2 aromatic carbocycles. The molecule has 0 spiro atoms. The van der Waals surface area contributed by atoms with E-state index in [0.29, 0.717) is 24.7 Å². The van der Waals surface area contributed by atoms with Gasteiger partial charge in [-0.1, -0.05) is 36.4 Å². The number of hydrogen-bond donors (Lipinski definition) is 1. The van der Waals surface area contributed by atoms with Crippen molar-refractivity contribution in [2.24, 2.45) is 0 Å². The molecule has 0 unspecified atom stereocenters. The van der Waals surface area contributed by atoms with Crippen LogP contribution in [0.4, 0.5) is 4.39 Å². The van der Waals surface area contributed by atoms with Crippen LogP contribution in [0.5, 0.6) is 5.75 Å². The molecule has 1 aliphatic heterocycles. The number of phenols is 1. The van der Waals surface area contributed by atoms with Crippen LogP contribution >= 0.6 is 11.6 Å². The van der Waals surface area contributed by atoms with Crippen LogP contribution in [0.2, 0.25) is 5.02 Å². The Hall–Kier alpha value is -2.75. The Morgan fingerprint density at radius 2 is 2.04 bits per heavy atom. The zero-order valence-corrected chi connectivity index (χ0v) is 16.2. The maximum Gasteiger partial charge on any atom is 0.256 e. The van der Waals surface area contributed by atoms with E-state index in [0.717, 1.165) is 24.5 Å². The quantitative estimate of drug-likeness (QED) is 0.746. The Morgan fingerprint density at radius 3 is 2.71 bits per heavy atom. The topological polar surface area (TPSA) is 43.8 Å². The number of rotatable bonds is 5. The molecule has 1 heterocycles. The van der Waals surface area contributed by atoms with Crippen LogP contribution in [0, 0.1) is 5.82 Å². The van der Waals surface area contributed by atoms with Gasteiger partial charge in [0, 0.05) is 36.9 Å². The summed E-state index contributed by atoms with van der Waals surface area (Å²) in [6.07, 6.45) is 3.28. The van der Waals surface area contributed by atoms with E-state index in [1.165, 1.54) is 12.1 Å². The zero-order chi connectivity index (χ0) is 20.1. The fraction of sp³-hybridized carbons (Fsp3) is 0.273. The summed E-state index contributed by atoms with van der Waals surface area (Å²) in [4.78, 5) is 16.4. The molecular weight excluding hydrogens is 379 g/mol. The van der Waals surface area contributed by atoms with E-state index >= 15 is 0 Å². The molecule has 1 N–H and O–H groups in total. The Labute approximate surface area is 169 Å². The normalized spacial score (nSPS) is 14.4. The Balaban J connectivity index is 1.67. The van der Waals surface area contributed by atoms with Crippen molar-refractivity contribution in [1.82, 2.24) is 9.80 Å². The van der Waals surface area contributed by atoms with Gasteiger partial charge in [0.2, 0.25) is 0 Å². The van der Waals surface area contributed by atoms with Gasteiger partial charge in [0.05, 0.1) is 5.56 Å². The largest absolute Gasteiger partial charge is 0.508 e. The Bertz CT molecular complexity index is 903. The van der Waals surface area contributed by atoms with E-state index in [2.05, 4.69) is 17.2 Å². The highest BCUT2D eigenvalue weighted by Gasteiger charge is 2.28. The first-order valence-electron chi connectivity index (χ1n) is 9.12. The van der Waals surface area contributed by atoms with Crippen LogP contribution in [0.25, 0.3) is 0 Å². The molecule has 0 radical (unpaired) electrons. The first-order valence-corrected chi connectivity index (χ1v) is 9.50. The number of nitrogens with zero attached hydrogens (tertiary/aromatic N) is 2. The van der Waals surface area contributed by atoms with Crippen molar-refractivity contribution in [3.05, 3.63) is 82.9 Å². The van der Waals surface area contributed by atoms with Crippen LogP contribution in [-0.4, -0.2) is 39.9 Å². The lowest BCUT2D eigenvalue weighted by molar-refractivity contribution is 0.0651. The summed E-state index contributed by atoms with van der Waals surface area (Å²) < 4.78 is 14.0. The summed E-state index contributed by atoms with van der Waals surface area (Å²) in [7, 11) is 0. The minimum absolute atomic E-state index is 0.0997. The second kappa shape index (κ2) is 8.96. The molecule has 1 saturated heterocycles. The average molecular weight is 401 g/mol. The number of aromatic hydroxyl groups is 1. The van der Waals surface area contributed by atoms with Crippen LogP contribution in [0.1, 0.15) is 28.8 Å². The minimum Gasteiger partial charge on any atom is -0.508 e. The molecule has 0 atom stereocenters. The van der Waals surface area contributed by atoms with Crippen molar-refractivity contribution in [3.63, 3.8) is 0 Å². The molecule has 28 heavy (non-hydrogen) atoms. The van der Waals surface area contributed by atoms with E-state index in [9.17, 15) is 14.3 Å². The molecule has 0 saturated carbocycles. The predicted molar refractivity (Wildman–Crippen MR) is 108 cm³/mol. The molecule has 1 aliphatic rings. The van der Waals surface area contributed by atoms with E-state index in [1.54, 1.807) is 4.90 Å². The van der Waals surface area contributed by atoms with Gasteiger partial charge in [-0.05, 0) is 42.7 Å². The Morgan fingerprint density at radius 1 is 1.32 bits per heavy atom. The zero-order valence-electron chi connectivity index (χ0n) is 15.4. The van der Waals surface area contributed by atoms with Gasteiger partial charge in [0.15, 0.2) is 0 Å². The fourth-order valence-corrected chi connectivity index (χ4v) is 3.66. The Kier molecular flexibility index (Phi) is 6.40. The van der Waals surface area contributed by atoms with E-state index in [-0.39, 0.29) is 17.4 Å². The fourth-order valence-electron chi connectivity index (χ4n) is 3.47. The smallest absolute Gasteiger partial charge is 0.256 e. The molecule has 2 aromatic rings. The third-order valence-corrected chi connectivity index (χ3v) is 5.34. The molecule has 1 fully saturated rings. The molecular formula is C22H22ClFN2O2. The highest BCUT2D eigenvalue weighted by Crippen LogP contribution is 2.25. The van der Waals surface area contributed by atoms with Gasteiger partial charge in [0.1, 0.15) is 11.6 Å². The first kappa shape index (κ1) is 20.0. The predicted octanol–water partition coefficient (Wildman–Crippen LogP) is 4.59. The van der Waals surface area contributed by atoms with Crippen LogP contribution < -0.4 is 0 Å². The van der Waals surface area contributed by atoms with Crippen molar-refractivity contribution in [3.8, 4) is 5.75 Å². The number of halogens is 2. The number of carbonyl (C=O) groups is 1. The van der Waals surface area contributed by atoms with Crippen molar-refractivity contribution >= 4 is 17.5 Å². The van der Waals surface area contributed by atoms with Gasteiger partial charge in [0.25, 0.3) is 5.91 Å². The van der Waals surface area contributed by atoms with Gasteiger partial charge >= 0.3 is 0 Å². The third-order valence-electron chi connectivity index (χ3n) is 4.97. The van der Waals surface area contributed by atoms with Gasteiger partial charge in [-0.25, -0.2) is 4.39 Å². The lowest BCUT2D eigenvalue weighted by Gasteiger charge is -2.38. The molecule has 0 bridgehead atoms. The lowest BCUT2D eigenvalue weighted by atomic mass is 10.0. The molecule has 0 aliphatic carbocycles. The summed E-state index contributed by atoms with van der Waals surface area (Å²) in [5, 5.41) is 10.3. The van der Waals surface area contributed by atoms with Crippen LogP contribution in [0.3, 0.4) is 0 Å². The number of amides is 1. The minimum atomic E-state index is -0.625. The summed E-state index contributed by atoms with van der Waals surface area (Å²) in [6.45, 7) is 5.31. The molecule has 6 heteroatoms. The highest BCUT2D eigenvalue weighted by molar-refractivity contribution is 6.31. The van der Waals surface area contributed by atoms with E-state index in [4.69, 9.17) is 11.6 Å². The van der Waals surface area contributed by atoms with E-state index < -0.39 is 11.7 Å². The van der Waals surface area contributed by atoms with Crippen LogP contribution in [0.15, 0.2) is 61.0 Å². The number of benzene rings is 2. The van der Waals surface area contributed by atoms with Gasteiger partial charge in [-0.15, -0.1) is 5.73 Å². The van der Waals surface area contributed by atoms with Crippen LogP contribution in [-0.2, 0) is 6.54 Å². The third kappa shape index (κ3) is 4.56. The summed E-state index contributed by atoms with van der Waals surface area (Å²) in [6, 6.07) is 11.4. The summed E-state index contributed by atoms with van der Waals surface area (Å²) in [5.74, 6) is -1.15. The first-order chi connectivity index (χ1) is 13.5. The molecule has 0 aromatic heterocycles. The highest BCUT2D eigenvalue weighted by atomic mass is 35.5. The second-order valence-electron chi connectivity index (χ2n) is 6.78. The number of carbonyl (C=O) groups excluding carboxylic acids is 1. The van der Waals surface area contributed by atoms with Crippen molar-refractivity contribution in [2.75, 3.05) is 13.1 Å². The number of hydrogen-bond acceptors (Lipinski definition) is 3. The standard InChI is InChI=1S/C22H22ClFN2O2/c1-2-11-26(15-16-5-3-4-6-20(16)23)17-9-12-25(13-10-17)22(28)19-14-18(27)7-8-21(19)24/h3-8,11,14,17,27H,1,9-10,12-13,15H2. The molecule has 4 nitrogen and oxygen atoms in total. The van der Waals surface area contributed by atoms with Gasteiger partial charge < -0.3 is 14.9 Å². The average Bonchev–Trinajstić information content (AvgIpc) is 2.70.